The molecule has 0 unspecified atom stereocenters. The number of likely N-dealkylation sites (N-methyl/N-ethyl adjacent to an activating group) is 1. The first-order chi connectivity index (χ1) is 11.3. The Kier molecular flexibility index (Phi) is 3.85. The maximum atomic E-state index is 6.05. The van der Waals surface area contributed by atoms with Crippen LogP contribution in [0, 0.1) is 0 Å². The molecule has 1 N–H and O–H groups in total. The molecule has 0 spiro atoms. The van der Waals surface area contributed by atoms with Gasteiger partial charge in [0.2, 0.25) is 0 Å². The van der Waals surface area contributed by atoms with E-state index in [1.54, 1.807) is 0 Å². The molecule has 118 valence electrons. The standard InChI is InChI=1S/C19H21N3O/c1-22-11-9-15(13-22)21-12-16-7-8-18(23-16)17-6-2-4-14-5-3-10-20-19(14)17/h2-8,10,15,21H,9,11-13H2,1H3/t15-/m1/s1. The molecule has 0 aliphatic carbocycles. The Balaban J connectivity index is 1.53. The zero-order valence-corrected chi connectivity index (χ0v) is 13.3. The number of hydrogen-bond acceptors (Lipinski definition) is 4. The highest BCUT2D eigenvalue weighted by molar-refractivity contribution is 5.92. The van der Waals surface area contributed by atoms with Gasteiger partial charge < -0.3 is 14.6 Å². The lowest BCUT2D eigenvalue weighted by Crippen LogP contribution is -2.30. The van der Waals surface area contributed by atoms with Crippen molar-refractivity contribution in [1.82, 2.24) is 15.2 Å². The molecule has 1 atom stereocenters. The van der Waals surface area contributed by atoms with Crippen LogP contribution in [-0.4, -0.2) is 36.1 Å². The quantitative estimate of drug-likeness (QED) is 0.803. The van der Waals surface area contributed by atoms with E-state index in [1.165, 1.54) is 13.0 Å². The van der Waals surface area contributed by atoms with E-state index in [9.17, 15) is 0 Å². The molecule has 3 heterocycles. The lowest BCUT2D eigenvalue weighted by atomic mass is 10.1. The van der Waals surface area contributed by atoms with Crippen LogP contribution < -0.4 is 5.32 Å². The molecule has 23 heavy (non-hydrogen) atoms. The molecule has 4 nitrogen and oxygen atoms in total. The van der Waals surface area contributed by atoms with Gasteiger partial charge in [-0.2, -0.15) is 0 Å². The van der Waals surface area contributed by atoms with E-state index in [1.807, 2.05) is 24.4 Å². The van der Waals surface area contributed by atoms with Crippen molar-refractivity contribution in [3.05, 3.63) is 54.4 Å². The van der Waals surface area contributed by atoms with Gasteiger partial charge in [-0.3, -0.25) is 4.98 Å². The summed E-state index contributed by atoms with van der Waals surface area (Å²) in [7, 11) is 2.17. The highest BCUT2D eigenvalue weighted by Gasteiger charge is 2.19. The predicted octanol–water partition coefficient (Wildman–Crippen LogP) is 3.29. The van der Waals surface area contributed by atoms with Crippen LogP contribution >= 0.6 is 0 Å². The van der Waals surface area contributed by atoms with E-state index in [2.05, 4.69) is 46.5 Å². The predicted molar refractivity (Wildman–Crippen MR) is 92.2 cm³/mol. The molecule has 1 saturated heterocycles. The number of furan rings is 1. The molecular weight excluding hydrogens is 286 g/mol. The summed E-state index contributed by atoms with van der Waals surface area (Å²) in [5, 5.41) is 4.71. The fraction of sp³-hybridized carbons (Fsp3) is 0.316. The number of aromatic nitrogens is 1. The topological polar surface area (TPSA) is 41.3 Å². The Morgan fingerprint density at radius 3 is 3.00 bits per heavy atom. The lowest BCUT2D eigenvalue weighted by Gasteiger charge is -2.11. The third-order valence-corrected chi connectivity index (χ3v) is 4.52. The molecule has 1 aliphatic heterocycles. The van der Waals surface area contributed by atoms with Gasteiger partial charge in [-0.15, -0.1) is 0 Å². The zero-order chi connectivity index (χ0) is 15.6. The van der Waals surface area contributed by atoms with Crippen LogP contribution in [0.1, 0.15) is 12.2 Å². The van der Waals surface area contributed by atoms with E-state index in [4.69, 9.17) is 4.42 Å². The summed E-state index contributed by atoms with van der Waals surface area (Å²) in [6.07, 6.45) is 3.03. The normalized spacial score (nSPS) is 18.7. The number of nitrogens with zero attached hydrogens (tertiary/aromatic N) is 2. The first-order valence-electron chi connectivity index (χ1n) is 8.14. The smallest absolute Gasteiger partial charge is 0.136 e. The number of fused-ring (bicyclic) bond motifs is 1. The first kappa shape index (κ1) is 14.4. The summed E-state index contributed by atoms with van der Waals surface area (Å²) in [6, 6.07) is 14.9. The summed E-state index contributed by atoms with van der Waals surface area (Å²) in [6.45, 7) is 3.06. The SMILES string of the molecule is CN1CC[C@@H](NCc2ccc(-c3cccc4cccnc34)o2)C1. The molecule has 3 aromatic rings. The Hall–Kier alpha value is -2.17. The largest absolute Gasteiger partial charge is 0.460 e. The fourth-order valence-electron chi connectivity index (χ4n) is 3.27. The Bertz CT molecular complexity index is 806. The summed E-state index contributed by atoms with van der Waals surface area (Å²) < 4.78 is 6.05. The van der Waals surface area contributed by atoms with Crippen LogP contribution in [0.15, 0.2) is 53.1 Å². The highest BCUT2D eigenvalue weighted by Crippen LogP contribution is 2.28. The van der Waals surface area contributed by atoms with E-state index in [0.29, 0.717) is 6.04 Å². The molecule has 4 heteroatoms. The van der Waals surface area contributed by atoms with Gasteiger partial charge in [0, 0.05) is 29.7 Å². The molecule has 1 fully saturated rings. The third kappa shape index (κ3) is 3.00. The van der Waals surface area contributed by atoms with Crippen molar-refractivity contribution in [3.8, 4) is 11.3 Å². The molecule has 0 bridgehead atoms. The Morgan fingerprint density at radius 1 is 1.22 bits per heavy atom. The van der Waals surface area contributed by atoms with Crippen LogP contribution in [-0.2, 0) is 6.54 Å². The monoisotopic (exact) mass is 307 g/mol. The van der Waals surface area contributed by atoms with E-state index in [0.717, 1.165) is 41.1 Å². The summed E-state index contributed by atoms with van der Waals surface area (Å²) in [5.74, 6) is 1.86. The van der Waals surface area contributed by atoms with Gasteiger partial charge >= 0.3 is 0 Å². The van der Waals surface area contributed by atoms with E-state index >= 15 is 0 Å². The van der Waals surface area contributed by atoms with Crippen molar-refractivity contribution in [2.24, 2.45) is 0 Å². The number of hydrogen-bond donors (Lipinski definition) is 1. The molecule has 2 aromatic heterocycles. The minimum atomic E-state index is 0.563. The summed E-state index contributed by atoms with van der Waals surface area (Å²) in [4.78, 5) is 6.86. The second-order valence-electron chi connectivity index (χ2n) is 6.28. The first-order valence-corrected chi connectivity index (χ1v) is 8.14. The Labute approximate surface area is 136 Å². The minimum absolute atomic E-state index is 0.563. The van der Waals surface area contributed by atoms with E-state index < -0.39 is 0 Å². The molecule has 1 aromatic carbocycles. The summed E-state index contributed by atoms with van der Waals surface area (Å²) >= 11 is 0. The fourth-order valence-corrected chi connectivity index (χ4v) is 3.27. The maximum absolute atomic E-state index is 6.05. The molecule has 1 aliphatic rings. The van der Waals surface area contributed by atoms with Crippen LogP contribution in [0.5, 0.6) is 0 Å². The molecular formula is C19H21N3O. The second-order valence-corrected chi connectivity index (χ2v) is 6.28. The number of likely N-dealkylation sites (tertiary alicyclic amines) is 1. The van der Waals surface area contributed by atoms with Crippen molar-refractivity contribution in [2.75, 3.05) is 20.1 Å². The van der Waals surface area contributed by atoms with Crippen molar-refractivity contribution in [3.63, 3.8) is 0 Å². The van der Waals surface area contributed by atoms with Crippen molar-refractivity contribution in [1.29, 1.82) is 0 Å². The average Bonchev–Trinajstić information content (AvgIpc) is 3.21. The van der Waals surface area contributed by atoms with E-state index in [-0.39, 0.29) is 0 Å². The molecule has 0 radical (unpaired) electrons. The zero-order valence-electron chi connectivity index (χ0n) is 13.3. The molecule has 4 rings (SSSR count). The molecule has 0 saturated carbocycles. The number of pyridine rings is 1. The number of nitrogens with one attached hydrogen (secondary N) is 1. The van der Waals surface area contributed by atoms with Gasteiger partial charge in [0.1, 0.15) is 11.5 Å². The van der Waals surface area contributed by atoms with Gasteiger partial charge in [-0.05, 0) is 44.3 Å². The van der Waals surface area contributed by atoms with Crippen LogP contribution in [0.25, 0.3) is 22.2 Å². The van der Waals surface area contributed by atoms with Crippen LogP contribution in [0.2, 0.25) is 0 Å². The minimum Gasteiger partial charge on any atom is -0.460 e. The van der Waals surface area contributed by atoms with Crippen molar-refractivity contribution >= 4 is 10.9 Å². The lowest BCUT2D eigenvalue weighted by molar-refractivity contribution is 0.391. The maximum Gasteiger partial charge on any atom is 0.136 e. The number of para-hydroxylation sites is 1. The highest BCUT2D eigenvalue weighted by atomic mass is 16.3. The Morgan fingerprint density at radius 2 is 2.13 bits per heavy atom. The second kappa shape index (κ2) is 6.14. The number of rotatable bonds is 4. The van der Waals surface area contributed by atoms with Crippen LogP contribution in [0.4, 0.5) is 0 Å². The van der Waals surface area contributed by atoms with Crippen LogP contribution in [0.3, 0.4) is 0 Å². The number of benzene rings is 1. The van der Waals surface area contributed by atoms with Crippen molar-refractivity contribution in [2.45, 2.75) is 19.0 Å². The third-order valence-electron chi connectivity index (χ3n) is 4.52. The summed E-state index contributed by atoms with van der Waals surface area (Å²) in [5.41, 5.74) is 2.04. The van der Waals surface area contributed by atoms with Gasteiger partial charge in [0.05, 0.1) is 12.1 Å². The van der Waals surface area contributed by atoms with Gasteiger partial charge in [0.15, 0.2) is 0 Å². The van der Waals surface area contributed by atoms with Gasteiger partial charge in [-0.1, -0.05) is 18.2 Å². The van der Waals surface area contributed by atoms with Gasteiger partial charge in [0.25, 0.3) is 0 Å². The average molecular weight is 307 g/mol. The van der Waals surface area contributed by atoms with Gasteiger partial charge in [-0.25, -0.2) is 0 Å². The molecule has 0 amide bonds. The van der Waals surface area contributed by atoms with Crippen molar-refractivity contribution < 1.29 is 4.42 Å².